The van der Waals surface area contributed by atoms with Gasteiger partial charge in [0, 0.05) is 25.2 Å². The maximum Gasteiger partial charge on any atom is 0.187 e. The molecule has 0 aromatic carbocycles. The molecule has 1 saturated carbocycles. The molecule has 2 saturated heterocycles. The van der Waals surface area contributed by atoms with Crippen molar-refractivity contribution in [2.45, 2.75) is 105 Å². The molecule has 0 amide bonds. The van der Waals surface area contributed by atoms with Gasteiger partial charge >= 0.3 is 0 Å². The molecule has 16 N–H and O–H groups in total. The third-order valence-electron chi connectivity index (χ3n) is 6.94. The van der Waals surface area contributed by atoms with Gasteiger partial charge in [-0.1, -0.05) is 0 Å². The maximum absolute atomic E-state index is 10.6. The number of hydrogen-bond donors (Lipinski definition) is 10. The molecule has 15 heteroatoms. The predicted octanol–water partition coefficient (Wildman–Crippen LogP) is -6.31. The lowest BCUT2D eigenvalue weighted by Gasteiger charge is -2.49. The van der Waals surface area contributed by atoms with Gasteiger partial charge in [-0.2, -0.15) is 0 Å². The summed E-state index contributed by atoms with van der Waals surface area (Å²) in [6.07, 6.45) is -12.0. The Hall–Kier alpha value is -0.600. The minimum absolute atomic E-state index is 0.0906. The Kier molecular flexibility index (Phi) is 10.2. The molecule has 206 valence electrons. The summed E-state index contributed by atoms with van der Waals surface area (Å²) in [6, 6.07) is -3.24. The minimum atomic E-state index is -1.47. The van der Waals surface area contributed by atoms with Gasteiger partial charge in [-0.15, -0.1) is 0 Å². The van der Waals surface area contributed by atoms with E-state index in [1.54, 1.807) is 6.92 Å². The van der Waals surface area contributed by atoms with E-state index in [9.17, 15) is 20.4 Å². The molecular formula is C20H42N6O9. The van der Waals surface area contributed by atoms with E-state index in [4.69, 9.17) is 58.1 Å². The number of aliphatic hydroxyl groups excluding tert-OH is 4. The number of ether oxygens (including phenoxy) is 5. The van der Waals surface area contributed by atoms with Gasteiger partial charge in [-0.25, -0.2) is 0 Å². The van der Waals surface area contributed by atoms with Crippen LogP contribution >= 0.6 is 0 Å². The van der Waals surface area contributed by atoms with E-state index in [-0.39, 0.29) is 26.1 Å². The SMILES string of the molecule is CC1O[C@@H](O[C@H]2C(O[C@H]3OC(CN)[C@@H](O)[C@H](O)C3N)C(N)CC(N)[C@H]2OCCN)C(O)[C@@H](O)[C@@H]1N. The monoisotopic (exact) mass is 510 g/mol. The van der Waals surface area contributed by atoms with Crippen molar-refractivity contribution in [1.29, 1.82) is 0 Å². The Labute approximate surface area is 203 Å². The molecule has 2 heterocycles. The maximum atomic E-state index is 10.6. The molecule has 3 fully saturated rings. The van der Waals surface area contributed by atoms with Crippen molar-refractivity contribution in [2.75, 3.05) is 19.7 Å². The van der Waals surface area contributed by atoms with Gasteiger partial charge in [0.2, 0.25) is 0 Å². The Morgan fingerprint density at radius 2 is 1.34 bits per heavy atom. The largest absolute Gasteiger partial charge is 0.388 e. The number of aliphatic hydroxyl groups is 4. The fourth-order valence-electron chi connectivity index (χ4n) is 4.75. The van der Waals surface area contributed by atoms with Crippen LogP contribution in [0.1, 0.15) is 13.3 Å². The van der Waals surface area contributed by atoms with Gasteiger partial charge in [0.05, 0.1) is 24.8 Å². The average Bonchev–Trinajstić information content (AvgIpc) is 2.82. The topological polar surface area (TPSA) is 283 Å². The van der Waals surface area contributed by atoms with Gasteiger partial charge < -0.3 is 78.5 Å². The molecule has 35 heavy (non-hydrogen) atoms. The van der Waals surface area contributed by atoms with Crippen LogP contribution in [0.3, 0.4) is 0 Å². The van der Waals surface area contributed by atoms with Crippen LogP contribution in [0.5, 0.6) is 0 Å². The third-order valence-corrected chi connectivity index (χ3v) is 6.94. The van der Waals surface area contributed by atoms with Crippen LogP contribution in [0.2, 0.25) is 0 Å². The Morgan fingerprint density at radius 3 is 1.97 bits per heavy atom. The van der Waals surface area contributed by atoms with E-state index in [0.29, 0.717) is 0 Å². The van der Waals surface area contributed by atoms with Crippen molar-refractivity contribution in [3.63, 3.8) is 0 Å². The van der Waals surface area contributed by atoms with Gasteiger partial charge in [0.15, 0.2) is 12.6 Å². The van der Waals surface area contributed by atoms with E-state index < -0.39 is 91.7 Å². The first-order valence-electron chi connectivity index (χ1n) is 11.9. The molecule has 3 aliphatic rings. The summed E-state index contributed by atoms with van der Waals surface area (Å²) >= 11 is 0. The van der Waals surface area contributed by atoms with Gasteiger partial charge in [-0.3, -0.25) is 0 Å². The smallest absolute Gasteiger partial charge is 0.187 e. The zero-order chi connectivity index (χ0) is 26.0. The number of nitrogens with two attached hydrogens (primary N) is 6. The first-order chi connectivity index (χ1) is 16.5. The highest BCUT2D eigenvalue weighted by molar-refractivity contribution is 5.02. The van der Waals surface area contributed by atoms with Crippen molar-refractivity contribution < 1.29 is 44.1 Å². The van der Waals surface area contributed by atoms with E-state index in [1.165, 1.54) is 0 Å². The first-order valence-corrected chi connectivity index (χ1v) is 11.9. The van der Waals surface area contributed by atoms with Crippen molar-refractivity contribution >= 4 is 0 Å². The molecule has 15 atom stereocenters. The summed E-state index contributed by atoms with van der Waals surface area (Å²) in [7, 11) is 0. The molecule has 0 spiro atoms. The molecule has 3 rings (SSSR count). The molecule has 7 unspecified atom stereocenters. The average molecular weight is 511 g/mol. The summed E-state index contributed by atoms with van der Waals surface area (Å²) in [5.41, 5.74) is 35.9. The second-order valence-electron chi connectivity index (χ2n) is 9.49. The van der Waals surface area contributed by atoms with Crippen LogP contribution in [0.4, 0.5) is 0 Å². The fraction of sp³-hybridized carbons (Fsp3) is 1.00. The summed E-state index contributed by atoms with van der Waals surface area (Å²) in [4.78, 5) is 0. The van der Waals surface area contributed by atoms with E-state index >= 15 is 0 Å². The third kappa shape index (κ3) is 6.11. The lowest BCUT2D eigenvalue weighted by Crippen LogP contribution is -2.69. The first kappa shape index (κ1) is 29.0. The van der Waals surface area contributed by atoms with Crippen molar-refractivity contribution in [3.05, 3.63) is 0 Å². The molecule has 15 nitrogen and oxygen atoms in total. The van der Waals surface area contributed by atoms with E-state index in [2.05, 4.69) is 0 Å². The van der Waals surface area contributed by atoms with E-state index in [0.717, 1.165) is 0 Å². The van der Waals surface area contributed by atoms with Crippen LogP contribution in [0.25, 0.3) is 0 Å². The lowest BCUT2D eigenvalue weighted by molar-refractivity contribution is -0.331. The molecule has 0 bridgehead atoms. The zero-order valence-electron chi connectivity index (χ0n) is 19.8. The van der Waals surface area contributed by atoms with Crippen LogP contribution in [0, 0.1) is 0 Å². The summed E-state index contributed by atoms with van der Waals surface area (Å²) < 4.78 is 29.5. The molecule has 0 aromatic rings. The lowest BCUT2D eigenvalue weighted by atomic mass is 9.84. The summed E-state index contributed by atoms with van der Waals surface area (Å²) in [5, 5.41) is 41.4. The van der Waals surface area contributed by atoms with Gasteiger partial charge in [0.1, 0.15) is 48.8 Å². The van der Waals surface area contributed by atoms with Crippen LogP contribution in [-0.4, -0.2) is 132 Å². The van der Waals surface area contributed by atoms with Crippen molar-refractivity contribution in [3.8, 4) is 0 Å². The standard InChI is InChI=1S/C20H42N6O9/c1-6-10(25)13(28)15(30)20(32-6)35-18-16(31-3-2-21)7(23)4-8(24)17(18)34-19-11(26)14(29)12(27)9(5-22)33-19/h6-20,27-30H,2-5,21-26H2,1H3/t6?,7?,8?,9?,10-,11?,12-,13+,14-,15?,16-,17?,18-,19-,20+/m1/s1. The minimum Gasteiger partial charge on any atom is -0.388 e. The number of rotatable bonds is 8. The molecule has 1 aliphatic carbocycles. The molecule has 0 aromatic heterocycles. The number of hydrogen-bond acceptors (Lipinski definition) is 15. The van der Waals surface area contributed by atoms with E-state index in [1.807, 2.05) is 0 Å². The highest BCUT2D eigenvalue weighted by Gasteiger charge is 2.52. The van der Waals surface area contributed by atoms with Crippen molar-refractivity contribution in [2.24, 2.45) is 34.4 Å². The molecule has 2 aliphatic heterocycles. The highest BCUT2D eigenvalue weighted by Crippen LogP contribution is 2.32. The van der Waals surface area contributed by atoms with Crippen LogP contribution in [0.15, 0.2) is 0 Å². The molecule has 0 radical (unpaired) electrons. The second kappa shape index (κ2) is 12.3. The summed E-state index contributed by atoms with van der Waals surface area (Å²) in [5.74, 6) is 0. The molecular weight excluding hydrogens is 468 g/mol. The fourth-order valence-corrected chi connectivity index (χ4v) is 4.75. The van der Waals surface area contributed by atoms with Gasteiger partial charge in [0.25, 0.3) is 0 Å². The van der Waals surface area contributed by atoms with Gasteiger partial charge in [-0.05, 0) is 13.3 Å². The Balaban J connectivity index is 1.86. The second-order valence-corrected chi connectivity index (χ2v) is 9.49. The summed E-state index contributed by atoms with van der Waals surface area (Å²) in [6.45, 7) is 1.91. The Bertz CT molecular complexity index is 669. The highest BCUT2D eigenvalue weighted by atomic mass is 16.7. The van der Waals surface area contributed by atoms with Crippen LogP contribution in [-0.2, 0) is 23.7 Å². The quantitative estimate of drug-likeness (QED) is 0.145. The zero-order valence-corrected chi connectivity index (χ0v) is 19.8. The predicted molar refractivity (Wildman–Crippen MR) is 121 cm³/mol. The van der Waals surface area contributed by atoms with Crippen molar-refractivity contribution in [1.82, 2.24) is 0 Å². The normalized spacial score (nSPS) is 51.3. The van der Waals surface area contributed by atoms with Crippen LogP contribution < -0.4 is 34.4 Å². The Morgan fingerprint density at radius 1 is 0.743 bits per heavy atom.